The fourth-order valence-electron chi connectivity index (χ4n) is 0. The summed E-state index contributed by atoms with van der Waals surface area (Å²) in [5.41, 5.74) is 0. The molecule has 0 aromatic rings. The van der Waals surface area contributed by atoms with E-state index in [0.717, 1.165) is 0 Å². The zero-order valence-corrected chi connectivity index (χ0v) is 5.45. The van der Waals surface area contributed by atoms with Crippen LogP contribution in [0.3, 0.4) is 0 Å². The molecule has 0 aliphatic heterocycles. The third-order valence-electron chi connectivity index (χ3n) is 0. The SMILES string of the molecule is F.F.F.F.F.F.[AlH3].[H-].[Na+]. The van der Waals surface area contributed by atoms with Crippen molar-refractivity contribution in [1.82, 2.24) is 0 Å². The zero-order chi connectivity index (χ0) is 0. The summed E-state index contributed by atoms with van der Waals surface area (Å²) in [5.74, 6) is 0. The van der Waals surface area contributed by atoms with E-state index in [1.54, 1.807) is 0 Å². The molecule has 0 amide bonds. The van der Waals surface area contributed by atoms with E-state index in [1.165, 1.54) is 0 Å². The topological polar surface area (TPSA) is 0 Å². The standard InChI is InChI=1S/Al.6FH.Na.4H/h;6*1H;;;;;/q;;;;;;;+1;;;;-1. The van der Waals surface area contributed by atoms with Gasteiger partial charge in [0, 0.05) is 0 Å². The van der Waals surface area contributed by atoms with Gasteiger partial charge in [-0.2, -0.15) is 0 Å². The van der Waals surface area contributed by atoms with Crippen LogP contribution in [0.2, 0.25) is 0 Å². The molecule has 56 valence electrons. The molecule has 8 heavy (non-hydrogen) atoms. The largest absolute Gasteiger partial charge is 1.00 e. The molecule has 0 aliphatic rings. The van der Waals surface area contributed by atoms with Crippen LogP contribution in [0, 0.1) is 0 Å². The summed E-state index contributed by atoms with van der Waals surface area (Å²) in [5, 5.41) is 0. The minimum absolute atomic E-state index is 0. The first kappa shape index (κ1) is 485. The van der Waals surface area contributed by atoms with Crippen molar-refractivity contribution in [2.24, 2.45) is 0 Å². The molecule has 8 heteroatoms. The minimum Gasteiger partial charge on any atom is -1.00 e. The van der Waals surface area contributed by atoms with Gasteiger partial charge in [-0.15, -0.1) is 0 Å². The number of rotatable bonds is 0. The van der Waals surface area contributed by atoms with Gasteiger partial charge in [-0.1, -0.05) is 0 Å². The molecular formula is H10AlF6Na. The van der Waals surface area contributed by atoms with Crippen molar-refractivity contribution in [2.75, 3.05) is 0 Å². The molecule has 0 heterocycles. The second kappa shape index (κ2) is 332. The zero-order valence-electron chi connectivity index (χ0n) is 4.45. The van der Waals surface area contributed by atoms with E-state index >= 15 is 0 Å². The van der Waals surface area contributed by atoms with Crippen LogP contribution in [-0.4, -0.2) is 17.4 Å². The Kier molecular flexibility index (Phi) is 20100. The van der Waals surface area contributed by atoms with Crippen molar-refractivity contribution in [3.63, 3.8) is 0 Å². The Morgan fingerprint density at radius 3 is 0.500 bits per heavy atom. The van der Waals surface area contributed by atoms with E-state index in [0.29, 0.717) is 0 Å². The van der Waals surface area contributed by atoms with Gasteiger partial charge in [0.2, 0.25) is 0 Å². The maximum atomic E-state index is 0. The van der Waals surface area contributed by atoms with Gasteiger partial charge in [0.05, 0.1) is 0 Å². The summed E-state index contributed by atoms with van der Waals surface area (Å²) in [7, 11) is 0. The molecule has 0 nitrogen and oxygen atoms in total. The van der Waals surface area contributed by atoms with E-state index in [-0.39, 0.29) is 76.6 Å². The van der Waals surface area contributed by atoms with Gasteiger partial charge in [0.25, 0.3) is 0 Å². The molecule has 0 unspecified atom stereocenters. The smallest absolute Gasteiger partial charge is 1.00 e. The molecule has 0 aromatic heterocycles. The molecule has 0 N–H and O–H groups in total. The Balaban J connectivity index is 0. The van der Waals surface area contributed by atoms with E-state index in [1.807, 2.05) is 0 Å². The van der Waals surface area contributed by atoms with Crippen molar-refractivity contribution in [3.8, 4) is 0 Å². The predicted octanol–water partition coefficient (Wildman–Crippen LogP) is -3.15. The van der Waals surface area contributed by atoms with Gasteiger partial charge < -0.3 is 1.43 Å². The van der Waals surface area contributed by atoms with Crippen LogP contribution in [-0.2, 0) is 0 Å². The fraction of sp³-hybridized carbons (Fsp3) is 0. The van der Waals surface area contributed by atoms with Gasteiger partial charge in [0.15, 0.2) is 17.4 Å². The summed E-state index contributed by atoms with van der Waals surface area (Å²) < 4.78 is 0. The monoisotopic (exact) mass is 174 g/mol. The summed E-state index contributed by atoms with van der Waals surface area (Å²) in [4.78, 5) is 0. The third-order valence-corrected chi connectivity index (χ3v) is 0. The number of hydrogen-bond acceptors (Lipinski definition) is 0. The molecule has 0 fully saturated rings. The van der Waals surface area contributed by atoms with Crippen LogP contribution >= 0.6 is 0 Å². The molecule has 0 aromatic carbocycles. The van der Waals surface area contributed by atoms with Crippen LogP contribution in [0.4, 0.5) is 28.2 Å². The number of halogens is 6. The molecule has 0 atom stereocenters. The fourth-order valence-corrected chi connectivity index (χ4v) is 0. The Bertz CT molecular complexity index is 13.0. The van der Waals surface area contributed by atoms with Gasteiger partial charge in [-0.25, -0.2) is 0 Å². The third kappa shape index (κ3) is 215. The molecule has 0 spiro atoms. The van der Waals surface area contributed by atoms with Crippen molar-refractivity contribution in [3.05, 3.63) is 0 Å². The Morgan fingerprint density at radius 2 is 0.500 bits per heavy atom. The normalized spacial score (nSPS) is 0. The maximum Gasteiger partial charge on any atom is 1.00 e. The first-order valence-corrected chi connectivity index (χ1v) is 0. The van der Waals surface area contributed by atoms with E-state index < -0.39 is 0 Å². The average Bonchev–Trinajstić information content (AvgIpc) is 0. The van der Waals surface area contributed by atoms with Crippen molar-refractivity contribution < 1.29 is 59.2 Å². The van der Waals surface area contributed by atoms with Gasteiger partial charge in [0.1, 0.15) is 0 Å². The van der Waals surface area contributed by atoms with Crippen molar-refractivity contribution >= 4 is 17.4 Å². The van der Waals surface area contributed by atoms with Crippen LogP contribution in [0.15, 0.2) is 0 Å². The molecular weight excluding hydrogens is 164 g/mol. The molecule has 0 aliphatic carbocycles. The first-order chi connectivity index (χ1) is 0. The summed E-state index contributed by atoms with van der Waals surface area (Å²) in [6, 6.07) is 0. The van der Waals surface area contributed by atoms with Crippen LogP contribution in [0.5, 0.6) is 0 Å². The van der Waals surface area contributed by atoms with Crippen LogP contribution in [0.25, 0.3) is 0 Å². The molecule has 0 saturated heterocycles. The summed E-state index contributed by atoms with van der Waals surface area (Å²) in [6.07, 6.45) is 0. The van der Waals surface area contributed by atoms with Gasteiger partial charge in [-0.3, -0.25) is 28.2 Å². The predicted molar refractivity (Wildman–Crippen MR) is 26.1 cm³/mol. The van der Waals surface area contributed by atoms with E-state index in [2.05, 4.69) is 0 Å². The average molecular weight is 174 g/mol. The molecule has 0 bridgehead atoms. The van der Waals surface area contributed by atoms with Gasteiger partial charge >= 0.3 is 29.6 Å². The van der Waals surface area contributed by atoms with Gasteiger partial charge in [-0.05, 0) is 0 Å². The Morgan fingerprint density at radius 1 is 0.500 bits per heavy atom. The Hall–Kier alpha value is 1.11. The molecule has 0 rings (SSSR count). The first-order valence-electron chi connectivity index (χ1n) is 0. The van der Waals surface area contributed by atoms with E-state index in [9.17, 15) is 0 Å². The molecule has 0 saturated carbocycles. The Labute approximate surface area is 76.5 Å². The van der Waals surface area contributed by atoms with Crippen LogP contribution < -0.4 is 29.6 Å². The maximum absolute atomic E-state index is 0. The number of hydrogen-bond donors (Lipinski definition) is 0. The van der Waals surface area contributed by atoms with Crippen molar-refractivity contribution in [2.45, 2.75) is 0 Å². The summed E-state index contributed by atoms with van der Waals surface area (Å²) in [6.45, 7) is 0. The van der Waals surface area contributed by atoms with Crippen molar-refractivity contribution in [1.29, 1.82) is 0 Å². The summed E-state index contributed by atoms with van der Waals surface area (Å²) >= 11 is 0. The van der Waals surface area contributed by atoms with E-state index in [4.69, 9.17) is 0 Å². The molecule has 0 radical (unpaired) electrons. The second-order valence-electron chi connectivity index (χ2n) is 0. The quantitative estimate of drug-likeness (QED) is 0.269. The second-order valence-corrected chi connectivity index (χ2v) is 0. The van der Waals surface area contributed by atoms with Crippen LogP contribution in [0.1, 0.15) is 1.43 Å². The minimum atomic E-state index is 0.